The maximum Gasteiger partial charge on any atom is 0.130 e. The summed E-state index contributed by atoms with van der Waals surface area (Å²) in [6.45, 7) is 0.588. The van der Waals surface area contributed by atoms with Crippen molar-refractivity contribution in [1.29, 1.82) is 0 Å². The highest BCUT2D eigenvalue weighted by atomic mass is 35.5. The van der Waals surface area contributed by atoms with Crippen LogP contribution in [0.2, 0.25) is 5.02 Å². The monoisotopic (exact) mass is 359 g/mol. The van der Waals surface area contributed by atoms with Gasteiger partial charge in [0.2, 0.25) is 0 Å². The molecule has 1 N–H and O–H groups in total. The molecule has 0 atom stereocenters. The summed E-state index contributed by atoms with van der Waals surface area (Å²) in [6, 6.07) is 16.1. The van der Waals surface area contributed by atoms with Crippen molar-refractivity contribution < 1.29 is 4.39 Å². The van der Waals surface area contributed by atoms with Gasteiger partial charge in [-0.1, -0.05) is 41.9 Å². The highest BCUT2D eigenvalue weighted by Crippen LogP contribution is 2.23. The first-order valence-corrected chi connectivity index (χ1v) is 8.73. The number of nitrogens with zero attached hydrogens (tertiary/aromatic N) is 2. The van der Waals surface area contributed by atoms with Gasteiger partial charge in [0.1, 0.15) is 23.0 Å². The van der Waals surface area contributed by atoms with Gasteiger partial charge in [-0.2, -0.15) is 0 Å². The van der Waals surface area contributed by atoms with Gasteiger partial charge in [0.15, 0.2) is 0 Å². The zero-order valence-corrected chi connectivity index (χ0v) is 14.3. The molecule has 122 valence electrons. The van der Waals surface area contributed by atoms with Crippen LogP contribution in [0.5, 0.6) is 0 Å². The number of halogens is 2. The molecule has 24 heavy (non-hydrogen) atoms. The van der Waals surface area contributed by atoms with Gasteiger partial charge in [0.25, 0.3) is 0 Å². The second-order valence-corrected chi connectivity index (χ2v) is 6.51. The summed E-state index contributed by atoms with van der Waals surface area (Å²) < 4.78 is 13.2. The van der Waals surface area contributed by atoms with Gasteiger partial charge in [-0.3, -0.25) is 0 Å². The van der Waals surface area contributed by atoms with Gasteiger partial charge in [-0.25, -0.2) is 14.4 Å². The molecule has 1 heterocycles. The summed E-state index contributed by atoms with van der Waals surface area (Å²) in [5.41, 5.74) is 1.93. The van der Waals surface area contributed by atoms with E-state index in [-0.39, 0.29) is 5.82 Å². The van der Waals surface area contributed by atoms with E-state index in [2.05, 4.69) is 15.3 Å². The number of hydrogen-bond acceptors (Lipinski definition) is 4. The van der Waals surface area contributed by atoms with E-state index in [1.54, 1.807) is 6.07 Å². The molecule has 0 aliphatic rings. The molecular formula is C18H15ClFN3S. The quantitative estimate of drug-likeness (QED) is 0.486. The molecule has 0 bridgehead atoms. The SMILES string of the molecule is Fc1cccc(CSc2cc(NCc3ccccc3Cl)ncn2)c1. The van der Waals surface area contributed by atoms with Crippen LogP contribution in [0.4, 0.5) is 10.2 Å². The Balaban J connectivity index is 1.60. The number of aromatic nitrogens is 2. The fourth-order valence-electron chi connectivity index (χ4n) is 2.13. The summed E-state index contributed by atoms with van der Waals surface area (Å²) in [5, 5.41) is 4.79. The lowest BCUT2D eigenvalue weighted by Gasteiger charge is -2.08. The van der Waals surface area contributed by atoms with Gasteiger partial charge >= 0.3 is 0 Å². The molecule has 2 aromatic carbocycles. The molecule has 0 spiro atoms. The van der Waals surface area contributed by atoms with Crippen molar-refractivity contribution in [2.45, 2.75) is 17.3 Å². The molecule has 3 aromatic rings. The van der Waals surface area contributed by atoms with E-state index in [1.807, 2.05) is 36.4 Å². The van der Waals surface area contributed by atoms with Crippen LogP contribution >= 0.6 is 23.4 Å². The minimum absolute atomic E-state index is 0.224. The van der Waals surface area contributed by atoms with Crippen molar-refractivity contribution in [3.63, 3.8) is 0 Å². The molecule has 6 heteroatoms. The van der Waals surface area contributed by atoms with Crippen molar-refractivity contribution in [2.75, 3.05) is 5.32 Å². The van der Waals surface area contributed by atoms with Gasteiger partial charge in [-0.05, 0) is 29.3 Å². The Bertz CT molecular complexity index is 829. The van der Waals surface area contributed by atoms with Crippen LogP contribution in [0, 0.1) is 5.82 Å². The fourth-order valence-corrected chi connectivity index (χ4v) is 3.14. The van der Waals surface area contributed by atoms with Crippen LogP contribution in [-0.4, -0.2) is 9.97 Å². The fraction of sp³-hybridized carbons (Fsp3) is 0.111. The summed E-state index contributed by atoms with van der Waals surface area (Å²) >= 11 is 7.68. The van der Waals surface area contributed by atoms with E-state index in [1.165, 1.54) is 30.2 Å². The lowest BCUT2D eigenvalue weighted by Crippen LogP contribution is -2.02. The second-order valence-electron chi connectivity index (χ2n) is 5.11. The third-order valence-electron chi connectivity index (χ3n) is 3.34. The van der Waals surface area contributed by atoms with Crippen molar-refractivity contribution in [3.8, 4) is 0 Å². The zero-order chi connectivity index (χ0) is 16.8. The molecule has 0 unspecified atom stereocenters. The summed E-state index contributed by atoms with van der Waals surface area (Å²) in [5.74, 6) is 1.16. The first-order valence-electron chi connectivity index (χ1n) is 7.37. The smallest absolute Gasteiger partial charge is 0.130 e. The second kappa shape index (κ2) is 8.13. The third-order valence-corrected chi connectivity index (χ3v) is 4.70. The highest BCUT2D eigenvalue weighted by Gasteiger charge is 2.03. The van der Waals surface area contributed by atoms with E-state index in [0.717, 1.165) is 27.0 Å². The number of benzene rings is 2. The van der Waals surface area contributed by atoms with Crippen molar-refractivity contribution in [2.24, 2.45) is 0 Å². The van der Waals surface area contributed by atoms with E-state index in [9.17, 15) is 4.39 Å². The molecule has 0 aliphatic heterocycles. The molecule has 0 saturated carbocycles. The Morgan fingerprint density at radius 2 is 1.92 bits per heavy atom. The minimum atomic E-state index is -0.224. The topological polar surface area (TPSA) is 37.8 Å². The average Bonchev–Trinajstić information content (AvgIpc) is 2.60. The largest absolute Gasteiger partial charge is 0.366 e. The summed E-state index contributed by atoms with van der Waals surface area (Å²) in [4.78, 5) is 8.46. The maximum absolute atomic E-state index is 13.2. The highest BCUT2D eigenvalue weighted by molar-refractivity contribution is 7.98. The Morgan fingerprint density at radius 3 is 2.75 bits per heavy atom. The van der Waals surface area contributed by atoms with Crippen LogP contribution in [0.15, 0.2) is 66.0 Å². The van der Waals surface area contributed by atoms with Crippen LogP contribution in [-0.2, 0) is 12.3 Å². The minimum Gasteiger partial charge on any atom is -0.366 e. The number of nitrogens with one attached hydrogen (secondary N) is 1. The standard InChI is InChI=1S/C18H15ClFN3S/c19-16-7-2-1-5-14(16)10-21-17-9-18(23-12-22-17)24-11-13-4-3-6-15(20)8-13/h1-9,12H,10-11H2,(H,21,22,23). The van der Waals surface area contributed by atoms with Crippen LogP contribution in [0.25, 0.3) is 0 Å². The van der Waals surface area contributed by atoms with Gasteiger partial charge in [-0.15, -0.1) is 11.8 Å². The molecule has 0 saturated heterocycles. The molecule has 0 aliphatic carbocycles. The lowest BCUT2D eigenvalue weighted by molar-refractivity contribution is 0.626. The predicted octanol–water partition coefficient (Wildman–Crippen LogP) is 5.17. The predicted molar refractivity (Wildman–Crippen MR) is 96.8 cm³/mol. The van der Waals surface area contributed by atoms with Crippen molar-refractivity contribution >= 4 is 29.2 Å². The van der Waals surface area contributed by atoms with Crippen molar-refractivity contribution in [1.82, 2.24) is 9.97 Å². The first-order chi connectivity index (χ1) is 11.7. The molecule has 3 rings (SSSR count). The van der Waals surface area contributed by atoms with E-state index >= 15 is 0 Å². The van der Waals surface area contributed by atoms with E-state index in [4.69, 9.17) is 11.6 Å². The summed E-state index contributed by atoms with van der Waals surface area (Å²) in [7, 11) is 0. The third kappa shape index (κ3) is 4.69. The molecule has 0 radical (unpaired) electrons. The van der Waals surface area contributed by atoms with Gasteiger partial charge in [0.05, 0.1) is 0 Å². The average molecular weight is 360 g/mol. The molecule has 1 aromatic heterocycles. The lowest BCUT2D eigenvalue weighted by atomic mass is 10.2. The Labute approximate surface area is 149 Å². The number of thioether (sulfide) groups is 1. The number of rotatable bonds is 6. The first kappa shape index (κ1) is 16.7. The van der Waals surface area contributed by atoms with Gasteiger partial charge < -0.3 is 5.32 Å². The Morgan fingerprint density at radius 1 is 1.04 bits per heavy atom. The van der Waals surface area contributed by atoms with Gasteiger partial charge in [0, 0.05) is 23.4 Å². The zero-order valence-electron chi connectivity index (χ0n) is 12.7. The van der Waals surface area contributed by atoms with Crippen LogP contribution in [0.3, 0.4) is 0 Å². The van der Waals surface area contributed by atoms with Crippen LogP contribution < -0.4 is 5.32 Å². The van der Waals surface area contributed by atoms with Crippen LogP contribution in [0.1, 0.15) is 11.1 Å². The maximum atomic E-state index is 13.2. The van der Waals surface area contributed by atoms with Crippen molar-refractivity contribution in [3.05, 3.63) is 82.9 Å². The Hall–Kier alpha value is -2.11. The molecule has 3 nitrogen and oxygen atoms in total. The number of anilines is 1. The molecular weight excluding hydrogens is 345 g/mol. The normalized spacial score (nSPS) is 10.6. The molecule has 0 fully saturated rings. The van der Waals surface area contributed by atoms with E-state index < -0.39 is 0 Å². The Kier molecular flexibility index (Phi) is 5.67. The number of hydrogen-bond donors (Lipinski definition) is 1. The molecule has 0 amide bonds. The van der Waals surface area contributed by atoms with E-state index in [0.29, 0.717) is 12.3 Å². The summed E-state index contributed by atoms with van der Waals surface area (Å²) in [6.07, 6.45) is 1.52.